The first-order valence-corrected chi connectivity index (χ1v) is 5.58. The molecule has 0 bridgehead atoms. The van der Waals surface area contributed by atoms with E-state index in [4.69, 9.17) is 5.73 Å². The van der Waals surface area contributed by atoms with Crippen molar-refractivity contribution >= 4 is 21.7 Å². The number of halogens is 1. The summed E-state index contributed by atoms with van der Waals surface area (Å²) in [7, 11) is 1.90. The van der Waals surface area contributed by atoms with E-state index >= 15 is 0 Å². The number of anilines is 1. The van der Waals surface area contributed by atoms with E-state index in [1.807, 2.05) is 25.6 Å². The number of nitrogens with two attached hydrogens (primary N) is 1. The molecule has 0 fully saturated rings. The summed E-state index contributed by atoms with van der Waals surface area (Å²) in [4.78, 5) is 8.50. The Kier molecular flexibility index (Phi) is 2.67. The van der Waals surface area contributed by atoms with Gasteiger partial charge in [-0.1, -0.05) is 0 Å². The van der Waals surface area contributed by atoms with E-state index in [0.29, 0.717) is 16.1 Å². The number of hydrogen-bond donors (Lipinski definition) is 1. The normalized spacial score (nSPS) is 10.8. The molecule has 6 heteroatoms. The van der Waals surface area contributed by atoms with E-state index in [2.05, 4.69) is 31.0 Å². The Bertz CT molecular complexity index is 546. The molecule has 0 aliphatic rings. The second-order valence-electron chi connectivity index (χ2n) is 3.60. The lowest BCUT2D eigenvalue weighted by atomic mass is 10.2. The van der Waals surface area contributed by atoms with Gasteiger partial charge in [-0.2, -0.15) is 5.10 Å². The number of aromatic nitrogens is 4. The molecule has 0 amide bonds. The second-order valence-corrected chi connectivity index (χ2v) is 4.45. The van der Waals surface area contributed by atoms with Crippen LogP contribution in [0.3, 0.4) is 0 Å². The van der Waals surface area contributed by atoms with Gasteiger partial charge in [0.25, 0.3) is 0 Å². The van der Waals surface area contributed by atoms with Crippen LogP contribution in [0.1, 0.15) is 11.4 Å². The van der Waals surface area contributed by atoms with Crippen molar-refractivity contribution in [3.05, 3.63) is 22.1 Å². The molecule has 2 aromatic rings. The van der Waals surface area contributed by atoms with Crippen molar-refractivity contribution in [2.75, 3.05) is 5.73 Å². The van der Waals surface area contributed by atoms with E-state index in [9.17, 15) is 0 Å². The highest BCUT2D eigenvalue weighted by molar-refractivity contribution is 9.10. The molecule has 2 heterocycles. The molecule has 0 saturated carbocycles. The van der Waals surface area contributed by atoms with Gasteiger partial charge in [0, 0.05) is 18.9 Å². The van der Waals surface area contributed by atoms with Crippen LogP contribution in [0.5, 0.6) is 0 Å². The van der Waals surface area contributed by atoms with Gasteiger partial charge in [-0.3, -0.25) is 4.68 Å². The van der Waals surface area contributed by atoms with E-state index in [1.54, 1.807) is 6.20 Å². The molecule has 2 aromatic heterocycles. The lowest BCUT2D eigenvalue weighted by Crippen LogP contribution is -1.98. The molecular formula is C10H12BrN5. The molecule has 5 nitrogen and oxygen atoms in total. The van der Waals surface area contributed by atoms with Gasteiger partial charge in [0.1, 0.15) is 5.82 Å². The Morgan fingerprint density at radius 2 is 2.06 bits per heavy atom. The highest BCUT2D eigenvalue weighted by Gasteiger charge is 2.14. The molecule has 2 rings (SSSR count). The van der Waals surface area contributed by atoms with E-state index in [1.165, 1.54) is 0 Å². The van der Waals surface area contributed by atoms with Crippen LogP contribution in [0.2, 0.25) is 0 Å². The van der Waals surface area contributed by atoms with Gasteiger partial charge in [-0.25, -0.2) is 9.97 Å². The summed E-state index contributed by atoms with van der Waals surface area (Å²) in [5.41, 5.74) is 8.62. The average Bonchev–Trinajstić information content (AvgIpc) is 2.47. The summed E-state index contributed by atoms with van der Waals surface area (Å²) < 4.78 is 2.52. The largest absolute Gasteiger partial charge is 0.383 e. The van der Waals surface area contributed by atoms with Crippen molar-refractivity contribution < 1.29 is 0 Å². The number of nitrogens with zero attached hydrogens (tertiary/aromatic N) is 4. The highest BCUT2D eigenvalue weighted by Crippen LogP contribution is 2.25. The quantitative estimate of drug-likeness (QED) is 0.866. The van der Waals surface area contributed by atoms with Crippen molar-refractivity contribution in [3.63, 3.8) is 0 Å². The van der Waals surface area contributed by atoms with Gasteiger partial charge in [-0.15, -0.1) is 0 Å². The van der Waals surface area contributed by atoms with Crippen LogP contribution in [0.4, 0.5) is 5.82 Å². The number of nitrogen functional groups attached to an aromatic ring is 1. The van der Waals surface area contributed by atoms with Crippen LogP contribution in [0.15, 0.2) is 10.7 Å². The van der Waals surface area contributed by atoms with Crippen molar-refractivity contribution in [2.45, 2.75) is 13.8 Å². The molecule has 16 heavy (non-hydrogen) atoms. The minimum Gasteiger partial charge on any atom is -0.383 e. The molecule has 84 valence electrons. The van der Waals surface area contributed by atoms with Crippen molar-refractivity contribution in [1.82, 2.24) is 19.7 Å². The molecule has 0 aromatic carbocycles. The molecule has 0 aliphatic carbocycles. The van der Waals surface area contributed by atoms with Gasteiger partial charge >= 0.3 is 0 Å². The summed E-state index contributed by atoms with van der Waals surface area (Å²) in [6.07, 6.45) is 1.66. The zero-order chi connectivity index (χ0) is 11.9. The van der Waals surface area contributed by atoms with Gasteiger partial charge in [0.15, 0.2) is 5.82 Å². The fourth-order valence-corrected chi connectivity index (χ4v) is 1.79. The predicted molar refractivity (Wildman–Crippen MR) is 65.8 cm³/mol. The molecule has 0 unspecified atom stereocenters. The third-order valence-electron chi connectivity index (χ3n) is 2.50. The predicted octanol–water partition coefficient (Wildman–Crippen LogP) is 1.84. The van der Waals surface area contributed by atoms with Crippen molar-refractivity contribution in [2.24, 2.45) is 7.05 Å². The van der Waals surface area contributed by atoms with Crippen molar-refractivity contribution in [1.29, 1.82) is 0 Å². The summed E-state index contributed by atoms with van der Waals surface area (Å²) in [6, 6.07) is 0. The Morgan fingerprint density at radius 1 is 1.38 bits per heavy atom. The standard InChI is InChI=1S/C10H12BrN5/c1-5-8(6(2)16(3)15-5)10-13-4-7(11)9(12)14-10/h4H,1-3H3,(H2,12,13,14). The fourth-order valence-electron chi connectivity index (χ4n) is 1.60. The van der Waals surface area contributed by atoms with Gasteiger partial charge in [0.05, 0.1) is 15.7 Å². The number of hydrogen-bond acceptors (Lipinski definition) is 4. The first kappa shape index (κ1) is 11.1. The van der Waals surface area contributed by atoms with Crippen LogP contribution in [-0.4, -0.2) is 19.7 Å². The van der Waals surface area contributed by atoms with E-state index in [-0.39, 0.29) is 0 Å². The Balaban J connectivity index is 2.63. The topological polar surface area (TPSA) is 69.6 Å². The fraction of sp³-hybridized carbons (Fsp3) is 0.300. The van der Waals surface area contributed by atoms with E-state index < -0.39 is 0 Å². The maximum Gasteiger partial charge on any atom is 0.165 e. The zero-order valence-electron chi connectivity index (χ0n) is 9.32. The lowest BCUT2D eigenvalue weighted by Gasteiger charge is -2.02. The molecule has 0 radical (unpaired) electrons. The minimum absolute atomic E-state index is 0.438. The molecule has 2 N–H and O–H groups in total. The van der Waals surface area contributed by atoms with Crippen LogP contribution >= 0.6 is 15.9 Å². The smallest absolute Gasteiger partial charge is 0.165 e. The Labute approximate surface area is 102 Å². The summed E-state index contributed by atoms with van der Waals surface area (Å²) in [5.74, 6) is 1.05. The van der Waals surface area contributed by atoms with E-state index in [0.717, 1.165) is 17.0 Å². The lowest BCUT2D eigenvalue weighted by molar-refractivity contribution is 0.731. The summed E-state index contributed by atoms with van der Waals surface area (Å²) in [5, 5.41) is 4.32. The molecule has 0 saturated heterocycles. The SMILES string of the molecule is Cc1nn(C)c(C)c1-c1ncc(Br)c(N)n1. The van der Waals surface area contributed by atoms with Crippen LogP contribution in [0.25, 0.3) is 11.4 Å². The van der Waals surface area contributed by atoms with Crippen molar-refractivity contribution in [3.8, 4) is 11.4 Å². The highest BCUT2D eigenvalue weighted by atomic mass is 79.9. The van der Waals surface area contributed by atoms with Gasteiger partial charge < -0.3 is 5.73 Å². The summed E-state index contributed by atoms with van der Waals surface area (Å²) >= 11 is 3.27. The van der Waals surface area contributed by atoms with Crippen LogP contribution in [-0.2, 0) is 7.05 Å². The third kappa shape index (κ3) is 1.69. The zero-order valence-corrected chi connectivity index (χ0v) is 10.9. The monoisotopic (exact) mass is 281 g/mol. The van der Waals surface area contributed by atoms with Crippen LogP contribution in [0, 0.1) is 13.8 Å². The number of rotatable bonds is 1. The molecule has 0 aliphatic heterocycles. The minimum atomic E-state index is 0.438. The third-order valence-corrected chi connectivity index (χ3v) is 3.11. The first-order valence-electron chi connectivity index (χ1n) is 4.79. The average molecular weight is 282 g/mol. The Hall–Kier alpha value is -1.43. The Morgan fingerprint density at radius 3 is 2.56 bits per heavy atom. The second kappa shape index (κ2) is 3.86. The summed E-state index contributed by atoms with van der Waals surface area (Å²) in [6.45, 7) is 3.92. The maximum absolute atomic E-state index is 5.74. The van der Waals surface area contributed by atoms with Gasteiger partial charge in [-0.05, 0) is 29.8 Å². The molecular weight excluding hydrogens is 270 g/mol. The first-order chi connectivity index (χ1) is 7.50. The number of aryl methyl sites for hydroxylation is 2. The molecule has 0 atom stereocenters. The van der Waals surface area contributed by atoms with Gasteiger partial charge in [0.2, 0.25) is 0 Å². The molecule has 0 spiro atoms. The van der Waals surface area contributed by atoms with Crippen LogP contribution < -0.4 is 5.73 Å². The maximum atomic E-state index is 5.74.